The minimum Gasteiger partial charge on any atom is -0.507 e. The van der Waals surface area contributed by atoms with Crippen molar-refractivity contribution < 1.29 is 23.1 Å². The molecular formula is C23H24N2O5S. The molecule has 0 spiro atoms. The number of sulfonamides is 1. The standard InChI is InChI=1S/C23H24N2O5S/c1-30-21-10-9-18(15-22(21)31(28,29)25-11-5-2-6-12-25)24-23(27)19-13-16-7-3-4-8-17(16)14-20(19)26/h3-4,7-10,13-15,26H,2,5-6,11-12H2,1H3,(H,24,27). The van der Waals surface area contributed by atoms with Crippen molar-refractivity contribution in [2.45, 2.75) is 24.2 Å². The Kier molecular flexibility index (Phi) is 5.84. The first-order valence-electron chi connectivity index (χ1n) is 10.1. The van der Waals surface area contributed by atoms with Gasteiger partial charge >= 0.3 is 0 Å². The van der Waals surface area contributed by atoms with Gasteiger partial charge in [0.15, 0.2) is 0 Å². The first-order valence-corrected chi connectivity index (χ1v) is 11.6. The molecular weight excluding hydrogens is 416 g/mol. The summed E-state index contributed by atoms with van der Waals surface area (Å²) in [5.74, 6) is -0.460. The van der Waals surface area contributed by atoms with E-state index in [9.17, 15) is 18.3 Å². The molecule has 4 rings (SSSR count). The van der Waals surface area contributed by atoms with E-state index in [-0.39, 0.29) is 22.0 Å². The summed E-state index contributed by atoms with van der Waals surface area (Å²) < 4.78 is 33.1. The maximum absolute atomic E-state index is 13.2. The van der Waals surface area contributed by atoms with Gasteiger partial charge in [0.2, 0.25) is 10.0 Å². The SMILES string of the molecule is COc1ccc(NC(=O)c2cc3ccccc3cc2O)cc1S(=O)(=O)N1CCCCC1. The molecule has 0 aliphatic carbocycles. The average molecular weight is 441 g/mol. The molecule has 1 aliphatic rings. The van der Waals surface area contributed by atoms with Gasteiger partial charge in [-0.2, -0.15) is 4.31 Å². The number of rotatable bonds is 5. The highest BCUT2D eigenvalue weighted by Gasteiger charge is 2.29. The summed E-state index contributed by atoms with van der Waals surface area (Å²) in [4.78, 5) is 12.8. The van der Waals surface area contributed by atoms with Crippen LogP contribution in [-0.2, 0) is 10.0 Å². The average Bonchev–Trinajstić information content (AvgIpc) is 2.79. The van der Waals surface area contributed by atoms with E-state index in [2.05, 4.69) is 5.32 Å². The summed E-state index contributed by atoms with van der Waals surface area (Å²) in [5, 5.41) is 14.6. The predicted octanol–water partition coefficient (Wildman–Crippen LogP) is 3.98. The number of aromatic hydroxyl groups is 1. The highest BCUT2D eigenvalue weighted by molar-refractivity contribution is 7.89. The van der Waals surface area contributed by atoms with Crippen molar-refractivity contribution in [3.63, 3.8) is 0 Å². The predicted molar refractivity (Wildman–Crippen MR) is 119 cm³/mol. The first kappa shape index (κ1) is 21.1. The van der Waals surface area contributed by atoms with E-state index >= 15 is 0 Å². The van der Waals surface area contributed by atoms with Crippen LogP contribution in [0.3, 0.4) is 0 Å². The third-order valence-electron chi connectivity index (χ3n) is 5.46. The van der Waals surface area contributed by atoms with Gasteiger partial charge < -0.3 is 15.2 Å². The molecule has 0 bridgehead atoms. The molecule has 1 aliphatic heterocycles. The normalized spacial score (nSPS) is 15.0. The number of phenols is 1. The van der Waals surface area contributed by atoms with Crippen LogP contribution < -0.4 is 10.1 Å². The number of benzene rings is 3. The van der Waals surface area contributed by atoms with Crippen LogP contribution in [0.2, 0.25) is 0 Å². The van der Waals surface area contributed by atoms with E-state index < -0.39 is 15.9 Å². The van der Waals surface area contributed by atoms with Crippen LogP contribution in [0.15, 0.2) is 59.5 Å². The lowest BCUT2D eigenvalue weighted by Crippen LogP contribution is -2.35. The van der Waals surface area contributed by atoms with Crippen LogP contribution in [0.4, 0.5) is 5.69 Å². The van der Waals surface area contributed by atoms with Gasteiger partial charge in [0.1, 0.15) is 16.4 Å². The second-order valence-electron chi connectivity index (χ2n) is 7.50. The second-order valence-corrected chi connectivity index (χ2v) is 9.41. The fraction of sp³-hybridized carbons (Fsp3) is 0.261. The molecule has 2 N–H and O–H groups in total. The maximum atomic E-state index is 13.2. The number of methoxy groups -OCH3 is 1. The van der Waals surface area contributed by atoms with Gasteiger partial charge in [0.05, 0.1) is 12.7 Å². The molecule has 1 amide bonds. The van der Waals surface area contributed by atoms with E-state index in [0.717, 1.165) is 30.0 Å². The number of phenolic OH excluding ortho intramolecular Hbond substituents is 1. The van der Waals surface area contributed by atoms with Gasteiger partial charge in [0.25, 0.3) is 5.91 Å². The van der Waals surface area contributed by atoms with E-state index in [4.69, 9.17) is 4.74 Å². The molecule has 0 saturated carbocycles. The van der Waals surface area contributed by atoms with Crippen LogP contribution in [0.25, 0.3) is 10.8 Å². The Morgan fingerprint density at radius 1 is 1.00 bits per heavy atom. The Morgan fingerprint density at radius 2 is 1.68 bits per heavy atom. The number of nitrogens with one attached hydrogen (secondary N) is 1. The molecule has 162 valence electrons. The first-order chi connectivity index (χ1) is 14.9. The van der Waals surface area contributed by atoms with Crippen molar-refractivity contribution in [1.82, 2.24) is 4.31 Å². The Labute approximate surface area is 181 Å². The van der Waals surface area contributed by atoms with Gasteiger partial charge in [-0.05, 0) is 53.9 Å². The molecule has 31 heavy (non-hydrogen) atoms. The second kappa shape index (κ2) is 8.56. The van der Waals surface area contributed by atoms with Crippen molar-refractivity contribution in [1.29, 1.82) is 0 Å². The smallest absolute Gasteiger partial charge is 0.259 e. The molecule has 0 unspecified atom stereocenters. The number of anilines is 1. The zero-order chi connectivity index (χ0) is 22.0. The van der Waals surface area contributed by atoms with Crippen molar-refractivity contribution in [2.24, 2.45) is 0 Å². The van der Waals surface area contributed by atoms with Crippen LogP contribution in [-0.4, -0.2) is 43.9 Å². The number of carbonyl (C=O) groups is 1. The lowest BCUT2D eigenvalue weighted by Gasteiger charge is -2.26. The van der Waals surface area contributed by atoms with Gasteiger partial charge in [0, 0.05) is 18.8 Å². The molecule has 7 nitrogen and oxygen atoms in total. The number of hydrogen-bond donors (Lipinski definition) is 2. The fourth-order valence-corrected chi connectivity index (χ4v) is 5.51. The molecule has 8 heteroatoms. The van der Waals surface area contributed by atoms with Crippen LogP contribution in [0.5, 0.6) is 11.5 Å². The summed E-state index contributed by atoms with van der Waals surface area (Å²) in [6, 6.07) is 15.0. The third-order valence-corrected chi connectivity index (χ3v) is 7.38. The summed E-state index contributed by atoms with van der Waals surface area (Å²) in [7, 11) is -2.34. The Balaban J connectivity index is 1.66. The highest BCUT2D eigenvalue weighted by atomic mass is 32.2. The lowest BCUT2D eigenvalue weighted by molar-refractivity contribution is 0.102. The minimum atomic E-state index is -3.76. The number of hydrogen-bond acceptors (Lipinski definition) is 5. The molecule has 0 aromatic heterocycles. The van der Waals surface area contributed by atoms with Crippen molar-refractivity contribution >= 4 is 32.4 Å². The molecule has 3 aromatic carbocycles. The Hall–Kier alpha value is -3.10. The zero-order valence-corrected chi connectivity index (χ0v) is 18.0. The van der Waals surface area contributed by atoms with E-state index in [1.807, 2.05) is 24.3 Å². The van der Waals surface area contributed by atoms with E-state index in [1.165, 1.54) is 29.6 Å². The fourth-order valence-electron chi connectivity index (χ4n) is 3.81. The van der Waals surface area contributed by atoms with Gasteiger partial charge in [-0.25, -0.2) is 8.42 Å². The van der Waals surface area contributed by atoms with Crippen molar-refractivity contribution in [3.05, 3.63) is 60.2 Å². The molecule has 0 radical (unpaired) electrons. The lowest BCUT2D eigenvalue weighted by atomic mass is 10.1. The number of piperidine rings is 1. The van der Waals surface area contributed by atoms with Gasteiger partial charge in [-0.15, -0.1) is 0 Å². The molecule has 1 saturated heterocycles. The molecule has 3 aromatic rings. The highest BCUT2D eigenvalue weighted by Crippen LogP contribution is 2.32. The van der Waals surface area contributed by atoms with Gasteiger partial charge in [-0.3, -0.25) is 4.79 Å². The topological polar surface area (TPSA) is 95.9 Å². The minimum absolute atomic E-state index is 0.0115. The molecule has 1 heterocycles. The van der Waals surface area contributed by atoms with Crippen LogP contribution in [0, 0.1) is 0 Å². The summed E-state index contributed by atoms with van der Waals surface area (Å²) in [6.45, 7) is 0.931. The van der Waals surface area contributed by atoms with Crippen LogP contribution >= 0.6 is 0 Å². The van der Waals surface area contributed by atoms with Crippen LogP contribution in [0.1, 0.15) is 29.6 Å². The number of carbonyl (C=O) groups excluding carboxylic acids is 1. The number of ether oxygens (including phenoxy) is 1. The zero-order valence-electron chi connectivity index (χ0n) is 17.2. The summed E-state index contributed by atoms with van der Waals surface area (Å²) in [6.07, 6.45) is 2.65. The van der Waals surface area contributed by atoms with E-state index in [0.29, 0.717) is 18.8 Å². The summed E-state index contributed by atoms with van der Waals surface area (Å²) in [5.41, 5.74) is 0.406. The monoisotopic (exact) mass is 440 g/mol. The third kappa shape index (κ3) is 4.22. The summed E-state index contributed by atoms with van der Waals surface area (Å²) >= 11 is 0. The number of amides is 1. The molecule has 1 fully saturated rings. The maximum Gasteiger partial charge on any atom is 0.259 e. The van der Waals surface area contributed by atoms with Gasteiger partial charge in [-0.1, -0.05) is 30.7 Å². The Bertz CT molecular complexity index is 1230. The van der Waals surface area contributed by atoms with Crippen molar-refractivity contribution in [3.8, 4) is 11.5 Å². The number of nitrogens with zero attached hydrogens (tertiary/aromatic N) is 1. The Morgan fingerprint density at radius 3 is 2.35 bits per heavy atom. The van der Waals surface area contributed by atoms with Crippen molar-refractivity contribution in [2.75, 3.05) is 25.5 Å². The molecule has 0 atom stereocenters. The van der Waals surface area contributed by atoms with E-state index in [1.54, 1.807) is 12.1 Å². The number of fused-ring (bicyclic) bond motifs is 1. The largest absolute Gasteiger partial charge is 0.507 e. The quantitative estimate of drug-likeness (QED) is 0.626.